The molecule has 0 bridgehead atoms. The fraction of sp³-hybridized carbons (Fsp3) is 0.118. The van der Waals surface area contributed by atoms with Gasteiger partial charge in [-0.15, -0.1) is 0 Å². The minimum Gasteiger partial charge on any atom is -0.493 e. The maximum absolute atomic E-state index is 12.5. The van der Waals surface area contributed by atoms with Gasteiger partial charge in [0.2, 0.25) is 0 Å². The molecule has 0 aliphatic heterocycles. The second-order valence-corrected chi connectivity index (χ2v) is 4.93. The molecule has 1 aromatic carbocycles. The van der Waals surface area contributed by atoms with Crippen molar-refractivity contribution in [1.29, 1.82) is 0 Å². The van der Waals surface area contributed by atoms with Gasteiger partial charge in [-0.05, 0) is 37.3 Å². The zero-order chi connectivity index (χ0) is 16.2. The highest BCUT2D eigenvalue weighted by molar-refractivity contribution is 6.05. The van der Waals surface area contributed by atoms with E-state index < -0.39 is 0 Å². The normalized spacial score (nSPS) is 10.3. The number of benzene rings is 1. The predicted molar refractivity (Wildman–Crippen MR) is 87.0 cm³/mol. The number of amides is 1. The minimum absolute atomic E-state index is 0.220. The van der Waals surface area contributed by atoms with Crippen LogP contribution in [-0.4, -0.2) is 27.8 Å². The third-order valence-electron chi connectivity index (χ3n) is 3.41. The molecule has 0 saturated carbocycles. The molecular weight excluding hydrogens is 292 g/mol. The quantitative estimate of drug-likeness (QED) is 0.804. The molecule has 2 heterocycles. The lowest BCUT2D eigenvalue weighted by Crippen LogP contribution is -2.13. The average molecular weight is 308 g/mol. The Morgan fingerprint density at radius 2 is 2.09 bits per heavy atom. The van der Waals surface area contributed by atoms with Gasteiger partial charge in [0.15, 0.2) is 5.75 Å². The number of aromatic nitrogens is 3. The van der Waals surface area contributed by atoms with Crippen molar-refractivity contribution < 1.29 is 9.53 Å². The molecule has 0 radical (unpaired) electrons. The summed E-state index contributed by atoms with van der Waals surface area (Å²) in [6, 6.07) is 10.8. The number of nitrogens with zero attached hydrogens (tertiary/aromatic N) is 3. The summed E-state index contributed by atoms with van der Waals surface area (Å²) in [5.41, 5.74) is 2.67. The Labute approximate surface area is 133 Å². The van der Waals surface area contributed by atoms with Crippen molar-refractivity contribution in [1.82, 2.24) is 14.8 Å². The highest BCUT2D eigenvalue weighted by atomic mass is 16.5. The molecule has 1 amide bonds. The van der Waals surface area contributed by atoms with Crippen LogP contribution in [0, 0.1) is 6.92 Å². The van der Waals surface area contributed by atoms with Gasteiger partial charge in [0.05, 0.1) is 24.2 Å². The Balaban J connectivity index is 1.87. The highest BCUT2D eigenvalue weighted by Gasteiger charge is 2.12. The van der Waals surface area contributed by atoms with Gasteiger partial charge in [0.1, 0.15) is 0 Å². The Bertz CT molecular complexity index is 828. The Hall–Kier alpha value is -3.15. The number of nitrogens with one attached hydrogen (secondary N) is 1. The van der Waals surface area contributed by atoms with Crippen LogP contribution in [0.2, 0.25) is 0 Å². The van der Waals surface area contributed by atoms with Crippen LogP contribution in [0.15, 0.2) is 55.0 Å². The van der Waals surface area contributed by atoms with Crippen molar-refractivity contribution in [2.24, 2.45) is 0 Å². The second kappa shape index (κ2) is 6.31. The van der Waals surface area contributed by atoms with Gasteiger partial charge in [0.25, 0.3) is 5.91 Å². The second-order valence-electron chi connectivity index (χ2n) is 4.93. The van der Waals surface area contributed by atoms with Crippen LogP contribution in [0.4, 0.5) is 5.69 Å². The third kappa shape index (κ3) is 3.06. The van der Waals surface area contributed by atoms with Crippen LogP contribution < -0.4 is 10.1 Å². The summed E-state index contributed by atoms with van der Waals surface area (Å²) in [7, 11) is 1.55. The van der Waals surface area contributed by atoms with Crippen LogP contribution in [-0.2, 0) is 0 Å². The fourth-order valence-electron chi connectivity index (χ4n) is 2.31. The summed E-state index contributed by atoms with van der Waals surface area (Å²) < 4.78 is 7.01. The van der Waals surface area contributed by atoms with Gasteiger partial charge in [-0.3, -0.25) is 9.78 Å². The molecule has 2 aromatic heterocycles. The Morgan fingerprint density at radius 1 is 1.22 bits per heavy atom. The van der Waals surface area contributed by atoms with E-state index in [-0.39, 0.29) is 5.91 Å². The lowest BCUT2D eigenvalue weighted by Gasteiger charge is -2.12. The first-order chi connectivity index (χ1) is 11.2. The molecule has 23 heavy (non-hydrogen) atoms. The molecule has 3 aromatic rings. The van der Waals surface area contributed by atoms with Gasteiger partial charge < -0.3 is 10.1 Å². The van der Waals surface area contributed by atoms with E-state index in [1.54, 1.807) is 42.4 Å². The standard InChI is InChI=1S/C17H16N4O2/c1-12-16(23-2)15(7-9-18-12)20-17(22)13-5-3-6-14(11-13)21-10-4-8-19-21/h3-11H,1-2H3,(H,18,20,22). The number of carbonyl (C=O) groups excluding carboxylic acids is 1. The molecule has 0 atom stereocenters. The molecule has 1 N–H and O–H groups in total. The van der Waals surface area contributed by atoms with E-state index in [4.69, 9.17) is 4.74 Å². The molecule has 0 aliphatic carbocycles. The summed E-state index contributed by atoms with van der Waals surface area (Å²) in [6.45, 7) is 1.83. The summed E-state index contributed by atoms with van der Waals surface area (Å²) in [5, 5.41) is 7.02. The van der Waals surface area contributed by atoms with Gasteiger partial charge in [0, 0.05) is 24.2 Å². The van der Waals surface area contributed by atoms with Crippen LogP contribution in [0.3, 0.4) is 0 Å². The monoisotopic (exact) mass is 308 g/mol. The average Bonchev–Trinajstić information content (AvgIpc) is 3.10. The zero-order valence-corrected chi connectivity index (χ0v) is 12.9. The van der Waals surface area contributed by atoms with Crippen LogP contribution >= 0.6 is 0 Å². The van der Waals surface area contributed by atoms with E-state index in [0.29, 0.717) is 17.0 Å². The molecule has 6 nitrogen and oxygen atoms in total. The zero-order valence-electron chi connectivity index (χ0n) is 12.9. The number of ether oxygens (including phenoxy) is 1. The predicted octanol–water partition coefficient (Wildman–Crippen LogP) is 2.84. The number of carbonyl (C=O) groups is 1. The Kier molecular flexibility index (Phi) is 4.05. The van der Waals surface area contributed by atoms with E-state index in [1.165, 1.54) is 0 Å². The molecule has 0 unspecified atom stereocenters. The van der Waals surface area contributed by atoms with Gasteiger partial charge in [-0.2, -0.15) is 5.10 Å². The first kappa shape index (κ1) is 14.8. The molecule has 0 saturated heterocycles. The van der Waals surface area contributed by atoms with Crippen molar-refractivity contribution in [2.45, 2.75) is 6.92 Å². The third-order valence-corrected chi connectivity index (χ3v) is 3.41. The number of hydrogen-bond donors (Lipinski definition) is 1. The minimum atomic E-state index is -0.220. The van der Waals surface area contributed by atoms with Crippen molar-refractivity contribution in [3.63, 3.8) is 0 Å². The maximum atomic E-state index is 12.5. The summed E-state index contributed by atoms with van der Waals surface area (Å²) in [6.07, 6.45) is 5.15. The summed E-state index contributed by atoms with van der Waals surface area (Å²) >= 11 is 0. The topological polar surface area (TPSA) is 69.0 Å². The first-order valence-corrected chi connectivity index (χ1v) is 7.10. The smallest absolute Gasteiger partial charge is 0.255 e. The lowest BCUT2D eigenvalue weighted by atomic mass is 10.2. The van der Waals surface area contributed by atoms with Crippen molar-refractivity contribution in [3.05, 3.63) is 66.2 Å². The van der Waals surface area contributed by atoms with Crippen LogP contribution in [0.5, 0.6) is 5.75 Å². The molecular formula is C17H16N4O2. The maximum Gasteiger partial charge on any atom is 0.255 e. The number of pyridine rings is 1. The van der Waals surface area contributed by atoms with Crippen molar-refractivity contribution in [3.8, 4) is 11.4 Å². The fourth-order valence-corrected chi connectivity index (χ4v) is 2.31. The molecule has 116 valence electrons. The van der Waals surface area contributed by atoms with E-state index in [1.807, 2.05) is 31.3 Å². The molecule has 3 rings (SSSR count). The first-order valence-electron chi connectivity index (χ1n) is 7.10. The van der Waals surface area contributed by atoms with Crippen LogP contribution in [0.1, 0.15) is 16.1 Å². The van der Waals surface area contributed by atoms with E-state index in [0.717, 1.165) is 11.4 Å². The van der Waals surface area contributed by atoms with E-state index in [2.05, 4.69) is 15.4 Å². The Morgan fingerprint density at radius 3 is 2.83 bits per heavy atom. The molecule has 6 heteroatoms. The van der Waals surface area contributed by atoms with Gasteiger partial charge >= 0.3 is 0 Å². The SMILES string of the molecule is COc1c(NC(=O)c2cccc(-n3cccn3)c2)ccnc1C. The van der Waals surface area contributed by atoms with Gasteiger partial charge in [-0.1, -0.05) is 6.07 Å². The number of hydrogen-bond acceptors (Lipinski definition) is 4. The summed E-state index contributed by atoms with van der Waals surface area (Å²) in [5.74, 6) is 0.340. The highest BCUT2D eigenvalue weighted by Crippen LogP contribution is 2.26. The number of rotatable bonds is 4. The molecule has 0 spiro atoms. The number of anilines is 1. The van der Waals surface area contributed by atoms with Crippen LogP contribution in [0.25, 0.3) is 5.69 Å². The van der Waals surface area contributed by atoms with E-state index in [9.17, 15) is 4.79 Å². The largest absolute Gasteiger partial charge is 0.493 e. The van der Waals surface area contributed by atoms with Gasteiger partial charge in [-0.25, -0.2) is 4.68 Å². The van der Waals surface area contributed by atoms with E-state index >= 15 is 0 Å². The summed E-state index contributed by atoms with van der Waals surface area (Å²) in [4.78, 5) is 16.6. The molecule has 0 fully saturated rings. The number of aryl methyl sites for hydroxylation is 1. The molecule has 0 aliphatic rings. The van der Waals surface area contributed by atoms with Crippen molar-refractivity contribution >= 4 is 11.6 Å². The lowest BCUT2D eigenvalue weighted by molar-refractivity contribution is 0.102. The van der Waals surface area contributed by atoms with Crippen molar-refractivity contribution in [2.75, 3.05) is 12.4 Å². The number of methoxy groups -OCH3 is 1.